The number of hydrogen-bond acceptors (Lipinski definition) is 5. The van der Waals surface area contributed by atoms with Crippen molar-refractivity contribution in [3.63, 3.8) is 0 Å². The number of amides is 3. The number of anilines is 1. The van der Waals surface area contributed by atoms with Gasteiger partial charge in [-0.2, -0.15) is 11.8 Å². The van der Waals surface area contributed by atoms with Crippen LogP contribution in [0.1, 0.15) is 13.3 Å². The van der Waals surface area contributed by atoms with Gasteiger partial charge in [0.05, 0.1) is 0 Å². The molecule has 0 unspecified atom stereocenters. The second-order valence-corrected chi connectivity index (χ2v) is 5.90. The summed E-state index contributed by atoms with van der Waals surface area (Å²) < 4.78 is 17.9. The number of nitrogens with two attached hydrogens (primary N) is 1. The van der Waals surface area contributed by atoms with Crippen LogP contribution in [-0.2, 0) is 14.3 Å². The van der Waals surface area contributed by atoms with Crippen molar-refractivity contribution in [1.82, 2.24) is 5.32 Å². The molecule has 0 saturated heterocycles. The Morgan fingerprint density at radius 2 is 1.92 bits per heavy atom. The number of thioether (sulfide) groups is 1. The Kier molecular flexibility index (Phi) is 8.03. The molecule has 1 aromatic carbocycles. The number of primary amides is 1. The maximum absolute atomic E-state index is 12.8. The monoisotopic (exact) mass is 357 g/mol. The van der Waals surface area contributed by atoms with Gasteiger partial charge in [0.2, 0.25) is 0 Å². The SMILES string of the molecule is CSCC[C@H](NC(N)=O)C(=O)O[C@H](C)C(=O)Nc1ccc(F)cc1. The maximum atomic E-state index is 12.8. The molecule has 0 aromatic heterocycles. The molecule has 4 N–H and O–H groups in total. The van der Waals surface area contributed by atoms with Crippen molar-refractivity contribution in [2.75, 3.05) is 17.3 Å². The normalized spacial score (nSPS) is 12.8. The van der Waals surface area contributed by atoms with Gasteiger partial charge >= 0.3 is 12.0 Å². The third-order valence-electron chi connectivity index (χ3n) is 2.99. The van der Waals surface area contributed by atoms with E-state index in [-0.39, 0.29) is 0 Å². The van der Waals surface area contributed by atoms with E-state index < -0.39 is 35.9 Å². The zero-order valence-corrected chi connectivity index (χ0v) is 14.2. The lowest BCUT2D eigenvalue weighted by molar-refractivity contribution is -0.155. The van der Waals surface area contributed by atoms with Crippen LogP contribution in [0, 0.1) is 5.82 Å². The third kappa shape index (κ3) is 6.86. The summed E-state index contributed by atoms with van der Waals surface area (Å²) in [6, 6.07) is 3.40. The van der Waals surface area contributed by atoms with Crippen molar-refractivity contribution < 1.29 is 23.5 Å². The van der Waals surface area contributed by atoms with Crippen LogP contribution in [0.3, 0.4) is 0 Å². The van der Waals surface area contributed by atoms with Crippen molar-refractivity contribution in [1.29, 1.82) is 0 Å². The van der Waals surface area contributed by atoms with Gasteiger partial charge < -0.3 is 21.1 Å². The fourth-order valence-electron chi connectivity index (χ4n) is 1.74. The maximum Gasteiger partial charge on any atom is 0.329 e. The summed E-state index contributed by atoms with van der Waals surface area (Å²) in [7, 11) is 0. The van der Waals surface area contributed by atoms with E-state index in [9.17, 15) is 18.8 Å². The highest BCUT2D eigenvalue weighted by atomic mass is 32.2. The van der Waals surface area contributed by atoms with E-state index in [1.54, 1.807) is 0 Å². The molecule has 0 aliphatic rings. The molecule has 132 valence electrons. The van der Waals surface area contributed by atoms with Crippen molar-refractivity contribution in [2.45, 2.75) is 25.5 Å². The second kappa shape index (κ2) is 9.76. The molecule has 0 heterocycles. The number of rotatable bonds is 8. The molecule has 0 aliphatic heterocycles. The summed E-state index contributed by atoms with van der Waals surface area (Å²) in [5, 5.41) is 4.79. The summed E-state index contributed by atoms with van der Waals surface area (Å²) in [6.07, 6.45) is 1.09. The molecule has 24 heavy (non-hydrogen) atoms. The topological polar surface area (TPSA) is 111 Å². The Hall–Kier alpha value is -2.29. The largest absolute Gasteiger partial charge is 0.451 e. The van der Waals surface area contributed by atoms with E-state index in [4.69, 9.17) is 10.5 Å². The minimum atomic E-state index is -1.09. The summed E-state index contributed by atoms with van der Waals surface area (Å²) in [5.41, 5.74) is 5.41. The lowest BCUT2D eigenvalue weighted by Gasteiger charge is -2.19. The molecular formula is C15H20FN3O4S. The molecule has 0 fully saturated rings. The van der Waals surface area contributed by atoms with Gasteiger partial charge in [0.25, 0.3) is 5.91 Å². The van der Waals surface area contributed by atoms with Crippen molar-refractivity contribution in [3.05, 3.63) is 30.1 Å². The van der Waals surface area contributed by atoms with Crippen LogP contribution < -0.4 is 16.4 Å². The minimum absolute atomic E-state index is 0.329. The van der Waals surface area contributed by atoms with Crippen molar-refractivity contribution in [2.24, 2.45) is 5.73 Å². The fraction of sp³-hybridized carbons (Fsp3) is 0.400. The quantitative estimate of drug-likeness (QED) is 0.611. The first-order valence-corrected chi connectivity index (χ1v) is 8.54. The number of benzene rings is 1. The second-order valence-electron chi connectivity index (χ2n) is 4.92. The molecule has 1 aromatic rings. The average Bonchev–Trinajstić information content (AvgIpc) is 2.53. The zero-order chi connectivity index (χ0) is 18.1. The molecule has 3 amide bonds. The van der Waals surface area contributed by atoms with E-state index in [0.717, 1.165) is 0 Å². The molecule has 0 spiro atoms. The van der Waals surface area contributed by atoms with Crippen molar-refractivity contribution >= 4 is 35.4 Å². The first-order valence-electron chi connectivity index (χ1n) is 7.15. The van der Waals surface area contributed by atoms with Crippen LogP contribution in [-0.4, -0.2) is 42.1 Å². The van der Waals surface area contributed by atoms with E-state index in [1.165, 1.54) is 43.0 Å². The number of halogens is 1. The molecule has 0 saturated carbocycles. The first kappa shape index (κ1) is 19.8. The Morgan fingerprint density at radius 3 is 2.46 bits per heavy atom. The summed E-state index contributed by atoms with van der Waals surface area (Å²) in [6.45, 7) is 1.40. The molecule has 0 bridgehead atoms. The highest BCUT2D eigenvalue weighted by molar-refractivity contribution is 7.98. The summed E-state index contributed by atoms with van der Waals surface area (Å²) in [4.78, 5) is 35.0. The smallest absolute Gasteiger partial charge is 0.329 e. The molecule has 0 aliphatic carbocycles. The van der Waals surface area contributed by atoms with Gasteiger partial charge in [0, 0.05) is 5.69 Å². The molecular weight excluding hydrogens is 337 g/mol. The van der Waals surface area contributed by atoms with Gasteiger partial charge in [-0.25, -0.2) is 14.0 Å². The lowest BCUT2D eigenvalue weighted by Crippen LogP contribution is -2.46. The zero-order valence-electron chi connectivity index (χ0n) is 13.4. The third-order valence-corrected chi connectivity index (χ3v) is 3.63. The van der Waals surface area contributed by atoms with Gasteiger partial charge in [-0.15, -0.1) is 0 Å². The molecule has 9 heteroatoms. The molecule has 0 radical (unpaired) electrons. The van der Waals surface area contributed by atoms with Crippen LogP contribution in [0.4, 0.5) is 14.9 Å². The predicted octanol–water partition coefficient (Wildman–Crippen LogP) is 1.49. The number of esters is 1. The van der Waals surface area contributed by atoms with E-state index in [0.29, 0.717) is 17.9 Å². The highest BCUT2D eigenvalue weighted by Gasteiger charge is 2.25. The van der Waals surface area contributed by atoms with Gasteiger partial charge in [0.15, 0.2) is 6.10 Å². The fourth-order valence-corrected chi connectivity index (χ4v) is 2.21. The van der Waals surface area contributed by atoms with Gasteiger partial charge in [-0.05, 0) is 49.6 Å². The van der Waals surface area contributed by atoms with E-state index >= 15 is 0 Å². The molecule has 7 nitrogen and oxygen atoms in total. The average molecular weight is 357 g/mol. The van der Waals surface area contributed by atoms with Crippen LogP contribution in [0.2, 0.25) is 0 Å². The Balaban J connectivity index is 2.60. The highest BCUT2D eigenvalue weighted by Crippen LogP contribution is 2.10. The standard InChI is InChI=1S/C15H20FN3O4S/c1-9(13(20)18-11-5-3-10(16)4-6-11)23-14(21)12(7-8-24-2)19-15(17)22/h3-6,9,12H,7-8H2,1-2H3,(H,18,20)(H3,17,19,22)/t9-,12+/m1/s1. The van der Waals surface area contributed by atoms with Crippen molar-refractivity contribution in [3.8, 4) is 0 Å². The molecule has 1 rings (SSSR count). The predicted molar refractivity (Wildman–Crippen MR) is 90.1 cm³/mol. The molecule has 2 atom stereocenters. The lowest BCUT2D eigenvalue weighted by atomic mass is 10.2. The van der Waals surface area contributed by atoms with Crippen LogP contribution >= 0.6 is 11.8 Å². The van der Waals surface area contributed by atoms with Crippen LogP contribution in [0.15, 0.2) is 24.3 Å². The van der Waals surface area contributed by atoms with E-state index in [1.807, 2.05) is 6.26 Å². The summed E-state index contributed by atoms with van der Waals surface area (Å²) >= 11 is 1.49. The first-order chi connectivity index (χ1) is 11.3. The van der Waals surface area contributed by atoms with Gasteiger partial charge in [0.1, 0.15) is 11.9 Å². The van der Waals surface area contributed by atoms with E-state index in [2.05, 4.69) is 10.6 Å². The van der Waals surface area contributed by atoms with Gasteiger partial charge in [-0.3, -0.25) is 4.79 Å². The number of hydrogen-bond donors (Lipinski definition) is 3. The Labute approximate surface area is 143 Å². The number of carbonyl (C=O) groups excluding carboxylic acids is 3. The minimum Gasteiger partial charge on any atom is -0.451 e. The Morgan fingerprint density at radius 1 is 1.29 bits per heavy atom. The number of carbonyl (C=O) groups is 3. The van der Waals surface area contributed by atoms with Crippen LogP contribution in [0.5, 0.6) is 0 Å². The number of nitrogens with one attached hydrogen (secondary N) is 2. The number of urea groups is 1. The van der Waals surface area contributed by atoms with Gasteiger partial charge in [-0.1, -0.05) is 0 Å². The number of ether oxygens (including phenoxy) is 1. The Bertz CT molecular complexity index is 583. The summed E-state index contributed by atoms with van der Waals surface area (Å²) in [5.74, 6) is -1.14. The van der Waals surface area contributed by atoms with Crippen LogP contribution in [0.25, 0.3) is 0 Å².